The molecule has 0 aliphatic heterocycles. The molecule has 3 rings (SSSR count). The van der Waals surface area contributed by atoms with Gasteiger partial charge in [0.15, 0.2) is 0 Å². The zero-order valence-electron chi connectivity index (χ0n) is 15.5. The Labute approximate surface area is 164 Å². The third kappa shape index (κ3) is 5.55. The standard InChI is InChI=1S/C24H22O4/c25-23(26)16-22(24(27)28-17-19-7-3-1-4-8-19)15-18-11-13-21(14-12-18)20-9-5-2-6-10-20/h1-14,22H,15-17H2,(H,25,26). The highest BCUT2D eigenvalue weighted by molar-refractivity contribution is 5.79. The Kier molecular flexibility index (Phi) is 6.58. The number of aliphatic carboxylic acids is 1. The summed E-state index contributed by atoms with van der Waals surface area (Å²) in [5, 5.41) is 9.18. The number of benzene rings is 3. The van der Waals surface area contributed by atoms with Crippen molar-refractivity contribution < 1.29 is 19.4 Å². The second-order valence-electron chi connectivity index (χ2n) is 6.66. The van der Waals surface area contributed by atoms with Gasteiger partial charge in [-0.2, -0.15) is 0 Å². The normalized spacial score (nSPS) is 11.6. The Bertz CT molecular complexity index is 902. The summed E-state index contributed by atoms with van der Waals surface area (Å²) < 4.78 is 5.35. The molecule has 1 unspecified atom stereocenters. The van der Waals surface area contributed by atoms with Crippen LogP contribution in [0.15, 0.2) is 84.9 Å². The van der Waals surface area contributed by atoms with Crippen LogP contribution in [0.3, 0.4) is 0 Å². The van der Waals surface area contributed by atoms with Crippen molar-refractivity contribution in [2.45, 2.75) is 19.4 Å². The van der Waals surface area contributed by atoms with Gasteiger partial charge in [0.2, 0.25) is 0 Å². The fourth-order valence-corrected chi connectivity index (χ4v) is 3.04. The Morgan fingerprint density at radius 3 is 1.93 bits per heavy atom. The fraction of sp³-hybridized carbons (Fsp3) is 0.167. The van der Waals surface area contributed by atoms with Crippen molar-refractivity contribution in [3.8, 4) is 11.1 Å². The Hall–Kier alpha value is -3.40. The number of carbonyl (C=O) groups is 2. The quantitative estimate of drug-likeness (QED) is 0.579. The summed E-state index contributed by atoms with van der Waals surface area (Å²) in [6.07, 6.45) is 0.0725. The molecule has 4 nitrogen and oxygen atoms in total. The first-order chi connectivity index (χ1) is 13.6. The molecule has 0 fully saturated rings. The Morgan fingerprint density at radius 2 is 1.32 bits per heavy atom. The van der Waals surface area contributed by atoms with Crippen molar-refractivity contribution >= 4 is 11.9 Å². The lowest BCUT2D eigenvalue weighted by Crippen LogP contribution is -2.23. The summed E-state index contributed by atoms with van der Waals surface area (Å²) in [5.74, 6) is -2.22. The number of hydrogen-bond donors (Lipinski definition) is 1. The van der Waals surface area contributed by atoms with E-state index in [2.05, 4.69) is 0 Å². The average molecular weight is 374 g/mol. The number of hydrogen-bond acceptors (Lipinski definition) is 3. The molecule has 0 heterocycles. The van der Waals surface area contributed by atoms with Crippen LogP contribution in [0.25, 0.3) is 11.1 Å². The molecule has 0 saturated carbocycles. The third-order valence-electron chi connectivity index (χ3n) is 4.52. The molecule has 0 aliphatic rings. The smallest absolute Gasteiger partial charge is 0.310 e. The predicted octanol–water partition coefficient (Wildman–Crippen LogP) is 4.73. The van der Waals surface area contributed by atoms with Crippen molar-refractivity contribution in [1.29, 1.82) is 0 Å². The number of rotatable bonds is 8. The number of carboxylic acids is 1. The minimum Gasteiger partial charge on any atom is -0.481 e. The van der Waals surface area contributed by atoms with Gasteiger partial charge in [0.05, 0.1) is 12.3 Å². The number of esters is 1. The van der Waals surface area contributed by atoms with E-state index in [9.17, 15) is 14.7 Å². The highest BCUT2D eigenvalue weighted by Crippen LogP contribution is 2.22. The molecule has 3 aromatic carbocycles. The van der Waals surface area contributed by atoms with E-state index in [4.69, 9.17) is 4.74 Å². The second kappa shape index (κ2) is 9.51. The molecule has 0 spiro atoms. The molecule has 1 N–H and O–H groups in total. The van der Waals surface area contributed by atoms with Gasteiger partial charge in [-0.1, -0.05) is 84.9 Å². The van der Waals surface area contributed by atoms with E-state index in [0.717, 1.165) is 22.3 Å². The van der Waals surface area contributed by atoms with Gasteiger partial charge >= 0.3 is 11.9 Å². The SMILES string of the molecule is O=C(O)CC(Cc1ccc(-c2ccccc2)cc1)C(=O)OCc1ccccc1. The minimum absolute atomic E-state index is 0.142. The van der Waals surface area contributed by atoms with E-state index in [1.165, 1.54) is 0 Å². The first-order valence-electron chi connectivity index (χ1n) is 9.18. The highest BCUT2D eigenvalue weighted by atomic mass is 16.5. The molecule has 0 bridgehead atoms. The van der Waals surface area contributed by atoms with Crippen LogP contribution >= 0.6 is 0 Å². The van der Waals surface area contributed by atoms with Crippen LogP contribution < -0.4 is 0 Å². The van der Waals surface area contributed by atoms with E-state index in [0.29, 0.717) is 6.42 Å². The van der Waals surface area contributed by atoms with Gasteiger partial charge in [0, 0.05) is 0 Å². The Balaban J connectivity index is 1.66. The lowest BCUT2D eigenvalue weighted by Gasteiger charge is -2.15. The van der Waals surface area contributed by atoms with Gasteiger partial charge in [-0.05, 0) is 28.7 Å². The second-order valence-corrected chi connectivity index (χ2v) is 6.66. The van der Waals surface area contributed by atoms with Crippen molar-refractivity contribution in [3.05, 3.63) is 96.1 Å². The summed E-state index contributed by atoms with van der Waals surface area (Å²) in [6, 6.07) is 27.2. The molecule has 28 heavy (non-hydrogen) atoms. The molecule has 0 amide bonds. The first-order valence-corrected chi connectivity index (χ1v) is 9.18. The first kappa shape index (κ1) is 19.4. The molecule has 0 aliphatic carbocycles. The maximum Gasteiger partial charge on any atom is 0.310 e. The highest BCUT2D eigenvalue weighted by Gasteiger charge is 2.24. The number of carbonyl (C=O) groups excluding carboxylic acids is 1. The predicted molar refractivity (Wildman–Crippen MR) is 108 cm³/mol. The summed E-state index contributed by atoms with van der Waals surface area (Å²) in [4.78, 5) is 23.7. The van der Waals surface area contributed by atoms with E-state index < -0.39 is 17.9 Å². The van der Waals surface area contributed by atoms with Crippen LogP contribution in [0.5, 0.6) is 0 Å². The molecule has 142 valence electrons. The lowest BCUT2D eigenvalue weighted by atomic mass is 9.94. The molecular weight excluding hydrogens is 352 g/mol. The van der Waals surface area contributed by atoms with E-state index >= 15 is 0 Å². The summed E-state index contributed by atoms with van der Waals surface area (Å²) in [6.45, 7) is 0.142. The number of ether oxygens (including phenoxy) is 1. The van der Waals surface area contributed by atoms with Crippen molar-refractivity contribution in [3.63, 3.8) is 0 Å². The fourth-order valence-electron chi connectivity index (χ4n) is 3.04. The zero-order chi connectivity index (χ0) is 19.8. The number of carboxylic acid groups (broad SMARTS) is 1. The van der Waals surface area contributed by atoms with Gasteiger partial charge < -0.3 is 9.84 Å². The van der Waals surface area contributed by atoms with Crippen LogP contribution in [-0.2, 0) is 27.4 Å². The van der Waals surface area contributed by atoms with E-state index in [1.54, 1.807) is 0 Å². The summed E-state index contributed by atoms with van der Waals surface area (Å²) in [7, 11) is 0. The molecule has 0 saturated heterocycles. The van der Waals surface area contributed by atoms with Gasteiger partial charge in [-0.3, -0.25) is 9.59 Å². The summed E-state index contributed by atoms with van der Waals surface area (Å²) >= 11 is 0. The van der Waals surface area contributed by atoms with Crippen molar-refractivity contribution in [2.24, 2.45) is 5.92 Å². The van der Waals surface area contributed by atoms with Gasteiger partial charge in [0.25, 0.3) is 0 Å². The molecule has 0 aromatic heterocycles. The third-order valence-corrected chi connectivity index (χ3v) is 4.52. The van der Waals surface area contributed by atoms with Crippen LogP contribution in [0.1, 0.15) is 17.5 Å². The van der Waals surface area contributed by atoms with E-state index in [1.807, 2.05) is 84.9 Å². The zero-order valence-corrected chi connectivity index (χ0v) is 15.5. The van der Waals surface area contributed by atoms with Crippen molar-refractivity contribution in [2.75, 3.05) is 0 Å². The topological polar surface area (TPSA) is 63.6 Å². The van der Waals surface area contributed by atoms with Gasteiger partial charge in [0.1, 0.15) is 6.61 Å². The van der Waals surface area contributed by atoms with Gasteiger partial charge in [-0.25, -0.2) is 0 Å². The minimum atomic E-state index is -1.01. The van der Waals surface area contributed by atoms with Crippen LogP contribution in [0, 0.1) is 5.92 Å². The van der Waals surface area contributed by atoms with Gasteiger partial charge in [-0.15, -0.1) is 0 Å². The molecule has 3 aromatic rings. The Morgan fingerprint density at radius 1 is 0.750 bits per heavy atom. The molecule has 0 radical (unpaired) electrons. The van der Waals surface area contributed by atoms with Crippen LogP contribution in [0.2, 0.25) is 0 Å². The maximum atomic E-state index is 12.5. The molecular formula is C24H22O4. The molecule has 1 atom stereocenters. The molecule has 4 heteroatoms. The van der Waals surface area contributed by atoms with Crippen LogP contribution in [0.4, 0.5) is 0 Å². The summed E-state index contributed by atoms with van der Waals surface area (Å²) in [5.41, 5.74) is 3.96. The largest absolute Gasteiger partial charge is 0.481 e. The lowest BCUT2D eigenvalue weighted by molar-refractivity contribution is -0.154. The monoisotopic (exact) mass is 374 g/mol. The van der Waals surface area contributed by atoms with Crippen molar-refractivity contribution in [1.82, 2.24) is 0 Å². The van der Waals surface area contributed by atoms with E-state index in [-0.39, 0.29) is 13.0 Å². The average Bonchev–Trinajstić information content (AvgIpc) is 2.73. The van der Waals surface area contributed by atoms with Crippen LogP contribution in [-0.4, -0.2) is 17.0 Å². The maximum absolute atomic E-state index is 12.5.